The Morgan fingerprint density at radius 2 is 2.19 bits per heavy atom. The number of carbonyl (C=O) groups is 2. The highest BCUT2D eigenvalue weighted by molar-refractivity contribution is 6.02. The maximum absolute atomic E-state index is 12.4. The molecule has 1 atom stereocenters. The second-order valence-electron chi connectivity index (χ2n) is 6.16. The third-order valence-electron chi connectivity index (χ3n) is 4.39. The normalized spacial score (nSPS) is 17.2. The number of aromatic nitrogens is 2. The summed E-state index contributed by atoms with van der Waals surface area (Å²) < 4.78 is 6.86. The Morgan fingerprint density at radius 1 is 1.42 bits per heavy atom. The van der Waals surface area contributed by atoms with Gasteiger partial charge in [0.05, 0.1) is 11.5 Å². The van der Waals surface area contributed by atoms with Crippen LogP contribution in [0.15, 0.2) is 17.1 Å². The Labute approximate surface area is 148 Å². The lowest BCUT2D eigenvalue weighted by Gasteiger charge is -2.23. The summed E-state index contributed by atoms with van der Waals surface area (Å²) in [6.07, 6.45) is 4.28. The number of carbonyl (C=O) groups excluding carboxylic acids is 1. The average molecular weight is 361 g/mol. The summed E-state index contributed by atoms with van der Waals surface area (Å²) in [5.41, 5.74) is -0.290. The number of carboxylic acid groups (broad SMARTS) is 1. The zero-order valence-electron chi connectivity index (χ0n) is 14.2. The molecule has 9 heteroatoms. The number of nitrogens with zero attached hydrogens (tertiary/aromatic N) is 2. The minimum absolute atomic E-state index is 0.151. The number of aromatic hydroxyl groups is 1. The lowest BCUT2D eigenvalue weighted by Crippen LogP contribution is -2.35. The predicted molar refractivity (Wildman–Crippen MR) is 91.2 cm³/mol. The molecule has 1 amide bonds. The SMILES string of the molecule is Cn1c(=O)c(C(=O)NCC(=O)O)c(O)c2cc([C@@H]3CCCCO3)cnc21. The van der Waals surface area contributed by atoms with E-state index in [1.165, 1.54) is 7.05 Å². The average Bonchev–Trinajstić information content (AvgIpc) is 2.65. The highest BCUT2D eigenvalue weighted by atomic mass is 16.5. The summed E-state index contributed by atoms with van der Waals surface area (Å²) >= 11 is 0. The Balaban J connectivity index is 2.09. The topological polar surface area (TPSA) is 131 Å². The molecule has 3 N–H and O–H groups in total. The maximum atomic E-state index is 12.4. The number of hydrogen-bond donors (Lipinski definition) is 3. The van der Waals surface area contributed by atoms with Gasteiger partial charge in [-0.05, 0) is 30.9 Å². The van der Waals surface area contributed by atoms with Gasteiger partial charge in [-0.3, -0.25) is 19.0 Å². The summed E-state index contributed by atoms with van der Waals surface area (Å²) in [6.45, 7) is -0.0154. The molecule has 1 aliphatic heterocycles. The van der Waals surface area contributed by atoms with Crippen LogP contribution in [0.2, 0.25) is 0 Å². The highest BCUT2D eigenvalue weighted by Crippen LogP contribution is 2.32. The van der Waals surface area contributed by atoms with Crippen molar-refractivity contribution in [3.05, 3.63) is 33.7 Å². The molecule has 9 nitrogen and oxygen atoms in total. The van der Waals surface area contributed by atoms with Gasteiger partial charge in [0.25, 0.3) is 11.5 Å². The first kappa shape index (κ1) is 17.9. The van der Waals surface area contributed by atoms with E-state index in [9.17, 15) is 19.5 Å². The van der Waals surface area contributed by atoms with Crippen LogP contribution in [0.4, 0.5) is 0 Å². The molecule has 2 aromatic rings. The van der Waals surface area contributed by atoms with E-state index in [0.717, 1.165) is 29.4 Å². The van der Waals surface area contributed by atoms with Gasteiger partial charge in [0, 0.05) is 19.9 Å². The number of amides is 1. The third-order valence-corrected chi connectivity index (χ3v) is 4.39. The first-order valence-corrected chi connectivity index (χ1v) is 8.23. The van der Waals surface area contributed by atoms with Crippen molar-refractivity contribution in [2.75, 3.05) is 13.2 Å². The minimum atomic E-state index is -1.26. The fraction of sp³-hybridized carbons (Fsp3) is 0.412. The van der Waals surface area contributed by atoms with Crippen molar-refractivity contribution < 1.29 is 24.5 Å². The highest BCUT2D eigenvalue weighted by Gasteiger charge is 2.24. The second-order valence-corrected chi connectivity index (χ2v) is 6.16. The number of ether oxygens (including phenoxy) is 1. The van der Waals surface area contributed by atoms with E-state index in [0.29, 0.717) is 6.61 Å². The second kappa shape index (κ2) is 7.12. The molecule has 26 heavy (non-hydrogen) atoms. The third kappa shape index (κ3) is 3.25. The molecule has 1 saturated heterocycles. The molecule has 1 fully saturated rings. The lowest BCUT2D eigenvalue weighted by atomic mass is 10.0. The van der Waals surface area contributed by atoms with Gasteiger partial charge < -0.3 is 20.3 Å². The summed E-state index contributed by atoms with van der Waals surface area (Å²) in [5.74, 6) is -2.73. The molecule has 0 saturated carbocycles. The van der Waals surface area contributed by atoms with Crippen LogP contribution in [0.1, 0.15) is 41.3 Å². The molecule has 0 aliphatic carbocycles. The fourth-order valence-electron chi connectivity index (χ4n) is 3.04. The van der Waals surface area contributed by atoms with Crippen molar-refractivity contribution in [1.82, 2.24) is 14.9 Å². The van der Waals surface area contributed by atoms with Gasteiger partial charge >= 0.3 is 5.97 Å². The van der Waals surface area contributed by atoms with E-state index < -0.39 is 35.3 Å². The number of carboxylic acids is 1. The van der Waals surface area contributed by atoms with E-state index in [-0.39, 0.29) is 17.1 Å². The van der Waals surface area contributed by atoms with E-state index in [4.69, 9.17) is 9.84 Å². The zero-order valence-corrected chi connectivity index (χ0v) is 14.2. The Bertz CT molecular complexity index is 930. The minimum Gasteiger partial charge on any atom is -0.506 e. The number of fused-ring (bicyclic) bond motifs is 1. The predicted octanol–water partition coefficient (Wildman–Crippen LogP) is 0.695. The molecule has 3 heterocycles. The van der Waals surface area contributed by atoms with Gasteiger partial charge in [-0.1, -0.05) is 0 Å². The van der Waals surface area contributed by atoms with Crippen LogP contribution in [-0.4, -0.2) is 44.8 Å². The van der Waals surface area contributed by atoms with Crippen molar-refractivity contribution in [3.8, 4) is 5.75 Å². The van der Waals surface area contributed by atoms with Crippen LogP contribution >= 0.6 is 0 Å². The van der Waals surface area contributed by atoms with Crippen molar-refractivity contribution in [3.63, 3.8) is 0 Å². The molecule has 2 aromatic heterocycles. The van der Waals surface area contributed by atoms with Crippen LogP contribution in [0, 0.1) is 0 Å². The summed E-state index contributed by atoms with van der Waals surface area (Å²) in [5, 5.41) is 21.5. The largest absolute Gasteiger partial charge is 0.506 e. The fourth-order valence-corrected chi connectivity index (χ4v) is 3.04. The molecule has 0 bridgehead atoms. The van der Waals surface area contributed by atoms with Gasteiger partial charge in [0.1, 0.15) is 23.5 Å². The first-order valence-electron chi connectivity index (χ1n) is 8.23. The van der Waals surface area contributed by atoms with Gasteiger partial charge in [-0.25, -0.2) is 4.98 Å². The number of rotatable bonds is 4. The van der Waals surface area contributed by atoms with Gasteiger partial charge in [-0.2, -0.15) is 0 Å². The molecule has 138 valence electrons. The Kier molecular flexibility index (Phi) is 4.90. The van der Waals surface area contributed by atoms with Crippen molar-refractivity contribution in [2.45, 2.75) is 25.4 Å². The first-order chi connectivity index (χ1) is 12.4. The van der Waals surface area contributed by atoms with Crippen LogP contribution in [0.3, 0.4) is 0 Å². The van der Waals surface area contributed by atoms with E-state index in [1.54, 1.807) is 12.3 Å². The molecule has 0 spiro atoms. The molecule has 1 aliphatic rings. The van der Waals surface area contributed by atoms with Crippen molar-refractivity contribution in [1.29, 1.82) is 0 Å². The molecular formula is C17H19N3O6. The van der Waals surface area contributed by atoms with E-state index in [2.05, 4.69) is 10.3 Å². The summed E-state index contributed by atoms with van der Waals surface area (Å²) in [6, 6.07) is 1.65. The number of hydrogen-bond acceptors (Lipinski definition) is 6. The standard InChI is InChI=1S/C17H19N3O6/c1-20-15-10(6-9(7-18-15)11-4-2-3-5-26-11)14(23)13(17(20)25)16(24)19-8-12(21)22/h6-7,11,23H,2-5,8H2,1H3,(H,19,24)(H,21,22)/t11-/m0/s1. The summed E-state index contributed by atoms with van der Waals surface area (Å²) in [7, 11) is 1.43. The number of nitrogens with one attached hydrogen (secondary N) is 1. The summed E-state index contributed by atoms with van der Waals surface area (Å²) in [4.78, 5) is 39.5. The number of aryl methyl sites for hydroxylation is 1. The van der Waals surface area contributed by atoms with Crippen LogP contribution in [0.25, 0.3) is 11.0 Å². The van der Waals surface area contributed by atoms with Crippen LogP contribution in [0.5, 0.6) is 5.75 Å². The molecule has 0 aromatic carbocycles. The van der Waals surface area contributed by atoms with Gasteiger partial charge in [-0.15, -0.1) is 0 Å². The van der Waals surface area contributed by atoms with Crippen molar-refractivity contribution in [2.24, 2.45) is 7.05 Å². The quantitative estimate of drug-likeness (QED) is 0.730. The van der Waals surface area contributed by atoms with Crippen molar-refractivity contribution >= 4 is 22.9 Å². The zero-order chi connectivity index (χ0) is 18.8. The monoisotopic (exact) mass is 361 g/mol. The smallest absolute Gasteiger partial charge is 0.322 e. The Hall–Kier alpha value is -2.94. The number of pyridine rings is 2. The molecule has 0 unspecified atom stereocenters. The molecule has 3 rings (SSSR count). The Morgan fingerprint density at radius 3 is 2.85 bits per heavy atom. The lowest BCUT2D eigenvalue weighted by molar-refractivity contribution is -0.135. The van der Waals surface area contributed by atoms with Crippen LogP contribution < -0.4 is 10.9 Å². The van der Waals surface area contributed by atoms with E-state index in [1.807, 2.05) is 0 Å². The number of aliphatic carboxylic acids is 1. The van der Waals surface area contributed by atoms with Gasteiger partial charge in [0.2, 0.25) is 0 Å². The maximum Gasteiger partial charge on any atom is 0.322 e. The van der Waals surface area contributed by atoms with Crippen LogP contribution in [-0.2, 0) is 16.6 Å². The van der Waals surface area contributed by atoms with Gasteiger partial charge in [0.15, 0.2) is 0 Å². The molecular weight excluding hydrogens is 342 g/mol. The van der Waals surface area contributed by atoms with E-state index >= 15 is 0 Å². The molecule has 0 radical (unpaired) electrons.